The highest BCUT2D eigenvalue weighted by Gasteiger charge is 2.00. The molecule has 0 aliphatic carbocycles. The summed E-state index contributed by atoms with van der Waals surface area (Å²) in [5.74, 6) is 0. The first kappa shape index (κ1) is 12.6. The zero-order valence-corrected chi connectivity index (χ0v) is 9.23. The molecule has 0 fully saturated rings. The highest BCUT2D eigenvalue weighted by molar-refractivity contribution is 6.45. The van der Waals surface area contributed by atoms with Crippen LogP contribution in [0.2, 0.25) is 6.82 Å². The number of halogens is 1. The number of alkyl halides is 1. The van der Waals surface area contributed by atoms with Crippen molar-refractivity contribution in [2.45, 2.75) is 26.0 Å². The molecule has 0 saturated carbocycles. The fourth-order valence-electron chi connectivity index (χ4n) is 1.03. The van der Waals surface area contributed by atoms with E-state index < -0.39 is 0 Å². The van der Waals surface area contributed by atoms with Gasteiger partial charge < -0.3 is 0 Å². The SMILES string of the molecule is [B]C(=C/C(C)Cl)/C(C)=C(/[B]C)C=C. The van der Waals surface area contributed by atoms with Crippen LogP contribution in [0.15, 0.2) is 35.2 Å². The molecule has 0 rings (SSSR count). The van der Waals surface area contributed by atoms with Crippen molar-refractivity contribution >= 4 is 26.7 Å². The van der Waals surface area contributed by atoms with Crippen molar-refractivity contribution in [3.05, 3.63) is 35.2 Å². The average Bonchev–Trinajstić information content (AvgIpc) is 2.05. The van der Waals surface area contributed by atoms with E-state index in [0.29, 0.717) is 0 Å². The zero-order chi connectivity index (χ0) is 10.4. The van der Waals surface area contributed by atoms with Crippen LogP contribution < -0.4 is 0 Å². The quantitative estimate of drug-likeness (QED) is 0.364. The Balaban J connectivity index is 4.84. The second-order valence-electron chi connectivity index (χ2n) is 2.87. The van der Waals surface area contributed by atoms with Crippen LogP contribution in [0.5, 0.6) is 0 Å². The summed E-state index contributed by atoms with van der Waals surface area (Å²) in [4.78, 5) is 0. The van der Waals surface area contributed by atoms with E-state index in [9.17, 15) is 0 Å². The standard InChI is InChI=1S/C10H14B2Cl/c1-5-10(12-4)8(3)9(11)6-7(2)13/h5-7H,1H2,2-4H3/b9-6+,10-8+. The Hall–Kier alpha value is -0.360. The van der Waals surface area contributed by atoms with Gasteiger partial charge in [0.25, 0.3) is 0 Å². The molecule has 0 N–H and O–H groups in total. The Kier molecular flexibility index (Phi) is 5.98. The van der Waals surface area contributed by atoms with Crippen LogP contribution in [-0.2, 0) is 0 Å². The van der Waals surface area contributed by atoms with Gasteiger partial charge in [0.15, 0.2) is 0 Å². The van der Waals surface area contributed by atoms with E-state index in [-0.39, 0.29) is 5.38 Å². The molecule has 0 amide bonds. The van der Waals surface area contributed by atoms with Crippen LogP contribution in [0, 0.1) is 0 Å². The van der Waals surface area contributed by atoms with E-state index in [1.165, 1.54) is 0 Å². The van der Waals surface area contributed by atoms with Crippen LogP contribution in [0.1, 0.15) is 13.8 Å². The molecule has 0 aliphatic heterocycles. The Morgan fingerprint density at radius 2 is 2.15 bits per heavy atom. The van der Waals surface area contributed by atoms with Crippen molar-refractivity contribution in [3.8, 4) is 0 Å². The summed E-state index contributed by atoms with van der Waals surface area (Å²) in [5.41, 5.74) is 2.78. The molecule has 67 valence electrons. The minimum absolute atomic E-state index is 0.0436. The first-order valence-corrected chi connectivity index (χ1v) is 4.71. The average molecular weight is 191 g/mol. The van der Waals surface area contributed by atoms with E-state index in [1.807, 2.05) is 34.0 Å². The minimum Gasteiger partial charge on any atom is -0.119 e. The Labute approximate surface area is 88.4 Å². The molecule has 0 saturated heterocycles. The van der Waals surface area contributed by atoms with Gasteiger partial charge in [-0.1, -0.05) is 42.1 Å². The fraction of sp³-hybridized carbons (Fsp3) is 0.400. The van der Waals surface area contributed by atoms with Crippen molar-refractivity contribution in [3.63, 3.8) is 0 Å². The molecular formula is C10H14B2Cl. The maximum absolute atomic E-state index is 5.82. The van der Waals surface area contributed by atoms with Gasteiger partial charge in [0, 0.05) is 5.38 Å². The molecule has 3 radical (unpaired) electrons. The fourth-order valence-corrected chi connectivity index (χ4v) is 1.16. The van der Waals surface area contributed by atoms with Crippen molar-refractivity contribution in [1.29, 1.82) is 0 Å². The number of allylic oxidation sites excluding steroid dienone is 5. The lowest BCUT2D eigenvalue weighted by molar-refractivity contribution is 1.21. The minimum atomic E-state index is -0.0436. The van der Waals surface area contributed by atoms with Crippen LogP contribution in [0.4, 0.5) is 0 Å². The summed E-state index contributed by atoms with van der Waals surface area (Å²) >= 11 is 5.79. The normalized spacial score (nSPS) is 16.2. The Morgan fingerprint density at radius 1 is 1.62 bits per heavy atom. The van der Waals surface area contributed by atoms with Crippen molar-refractivity contribution < 1.29 is 0 Å². The van der Waals surface area contributed by atoms with Gasteiger partial charge in [0.1, 0.15) is 15.1 Å². The van der Waals surface area contributed by atoms with Crippen LogP contribution in [0.3, 0.4) is 0 Å². The lowest BCUT2D eigenvalue weighted by Crippen LogP contribution is -1.98. The Bertz CT molecular complexity index is 239. The molecule has 1 atom stereocenters. The molecular weight excluding hydrogens is 177 g/mol. The summed E-state index contributed by atoms with van der Waals surface area (Å²) in [5, 5.41) is -0.0436. The Morgan fingerprint density at radius 3 is 2.46 bits per heavy atom. The summed E-state index contributed by atoms with van der Waals surface area (Å²) in [6.45, 7) is 9.51. The molecule has 0 nitrogen and oxygen atoms in total. The molecule has 13 heavy (non-hydrogen) atoms. The van der Waals surface area contributed by atoms with E-state index in [2.05, 4.69) is 6.58 Å². The van der Waals surface area contributed by atoms with Crippen LogP contribution >= 0.6 is 11.6 Å². The van der Waals surface area contributed by atoms with E-state index in [1.54, 1.807) is 6.08 Å². The van der Waals surface area contributed by atoms with Crippen molar-refractivity contribution in [2.75, 3.05) is 0 Å². The third kappa shape index (κ3) is 4.42. The predicted molar refractivity (Wildman–Crippen MR) is 63.7 cm³/mol. The van der Waals surface area contributed by atoms with Crippen molar-refractivity contribution in [2.24, 2.45) is 0 Å². The van der Waals surface area contributed by atoms with Gasteiger partial charge in [-0.2, -0.15) is 0 Å². The maximum Gasteiger partial charge on any atom is 0.148 e. The smallest absolute Gasteiger partial charge is 0.119 e. The summed E-state index contributed by atoms with van der Waals surface area (Å²) < 4.78 is 0. The van der Waals surface area contributed by atoms with Crippen molar-refractivity contribution in [1.82, 2.24) is 0 Å². The molecule has 0 aromatic carbocycles. The van der Waals surface area contributed by atoms with E-state index in [0.717, 1.165) is 16.5 Å². The monoisotopic (exact) mass is 191 g/mol. The van der Waals surface area contributed by atoms with E-state index >= 15 is 0 Å². The van der Waals surface area contributed by atoms with Crippen LogP contribution in [0.25, 0.3) is 0 Å². The van der Waals surface area contributed by atoms with Crippen LogP contribution in [-0.4, -0.2) is 20.5 Å². The summed E-state index contributed by atoms with van der Waals surface area (Å²) in [6.07, 6.45) is 3.61. The molecule has 0 bridgehead atoms. The molecule has 0 aliphatic rings. The third-order valence-electron chi connectivity index (χ3n) is 1.81. The van der Waals surface area contributed by atoms with Gasteiger partial charge in [0.05, 0.1) is 0 Å². The lowest BCUT2D eigenvalue weighted by atomic mass is 9.67. The van der Waals surface area contributed by atoms with Gasteiger partial charge in [-0.3, -0.25) is 0 Å². The number of rotatable bonds is 4. The highest BCUT2D eigenvalue weighted by atomic mass is 35.5. The van der Waals surface area contributed by atoms with Gasteiger partial charge >= 0.3 is 0 Å². The molecule has 0 aromatic rings. The largest absolute Gasteiger partial charge is 0.148 e. The lowest BCUT2D eigenvalue weighted by Gasteiger charge is -2.08. The molecule has 1 unspecified atom stereocenters. The van der Waals surface area contributed by atoms with Gasteiger partial charge in [-0.25, -0.2) is 0 Å². The summed E-state index contributed by atoms with van der Waals surface area (Å²) in [7, 11) is 7.80. The van der Waals surface area contributed by atoms with E-state index in [4.69, 9.17) is 19.4 Å². The van der Waals surface area contributed by atoms with Gasteiger partial charge in [0.2, 0.25) is 0 Å². The van der Waals surface area contributed by atoms with Gasteiger partial charge in [-0.15, -0.1) is 11.6 Å². The second-order valence-corrected chi connectivity index (χ2v) is 3.56. The molecule has 0 heterocycles. The maximum atomic E-state index is 5.82. The first-order chi connectivity index (χ1) is 6.02. The predicted octanol–water partition coefficient (Wildman–Crippen LogP) is 2.88. The number of hydrogen-bond acceptors (Lipinski definition) is 0. The molecule has 0 spiro atoms. The topological polar surface area (TPSA) is 0 Å². The third-order valence-corrected chi connectivity index (χ3v) is 1.93. The summed E-state index contributed by atoms with van der Waals surface area (Å²) in [6, 6.07) is 0. The second kappa shape index (κ2) is 6.15. The molecule has 0 aromatic heterocycles. The number of hydrogen-bond donors (Lipinski definition) is 0. The van der Waals surface area contributed by atoms with Gasteiger partial charge in [-0.05, 0) is 13.8 Å². The first-order valence-electron chi connectivity index (χ1n) is 4.27. The highest BCUT2D eigenvalue weighted by Crippen LogP contribution is 2.13. The zero-order valence-electron chi connectivity index (χ0n) is 8.47. The molecule has 3 heteroatoms.